The molecule has 0 radical (unpaired) electrons. The lowest BCUT2D eigenvalue weighted by atomic mass is 10.0. The summed E-state index contributed by atoms with van der Waals surface area (Å²) in [6, 6.07) is 14.3. The molecule has 3 nitrogen and oxygen atoms in total. The number of aryl methyl sites for hydroxylation is 1. The molecule has 1 aromatic heterocycles. The van der Waals surface area contributed by atoms with Gasteiger partial charge in [-0.15, -0.1) is 0 Å². The summed E-state index contributed by atoms with van der Waals surface area (Å²) in [7, 11) is 0. The molecule has 3 rings (SSSR count). The van der Waals surface area contributed by atoms with Crippen molar-refractivity contribution < 1.29 is 4.79 Å². The maximum absolute atomic E-state index is 12.5. The predicted molar refractivity (Wildman–Crippen MR) is 88.1 cm³/mol. The van der Waals surface area contributed by atoms with E-state index in [0.717, 1.165) is 25.1 Å². The van der Waals surface area contributed by atoms with Gasteiger partial charge < -0.3 is 4.90 Å². The highest BCUT2D eigenvalue weighted by molar-refractivity contribution is 5.92. The Kier molecular flexibility index (Phi) is 4.33. The van der Waals surface area contributed by atoms with Crippen LogP contribution in [0.4, 0.5) is 0 Å². The van der Waals surface area contributed by atoms with Crippen LogP contribution >= 0.6 is 0 Å². The van der Waals surface area contributed by atoms with E-state index in [1.807, 2.05) is 23.1 Å². The highest BCUT2D eigenvalue weighted by Crippen LogP contribution is 2.32. The molecule has 112 valence electrons. The number of likely N-dealkylation sites (tertiary alicyclic amines) is 1. The molecule has 0 N–H and O–H groups in total. The molecule has 3 heteroatoms. The Bertz CT molecular complexity index is 679. The number of pyridine rings is 1. The zero-order valence-corrected chi connectivity index (χ0v) is 12.8. The molecule has 1 saturated heterocycles. The van der Waals surface area contributed by atoms with E-state index in [1.165, 1.54) is 11.1 Å². The fourth-order valence-electron chi connectivity index (χ4n) is 2.98. The molecule has 1 fully saturated rings. The van der Waals surface area contributed by atoms with Crippen LogP contribution in [-0.4, -0.2) is 22.3 Å². The SMILES string of the molecule is Cc1cccc(C2CCCN2C(=O)/C=C/c2ccccn2)c1. The number of aromatic nitrogens is 1. The van der Waals surface area contributed by atoms with Gasteiger partial charge in [0.25, 0.3) is 0 Å². The fourth-order valence-corrected chi connectivity index (χ4v) is 2.98. The third-order valence-electron chi connectivity index (χ3n) is 4.05. The Balaban J connectivity index is 1.75. The number of carbonyl (C=O) groups is 1. The van der Waals surface area contributed by atoms with Gasteiger partial charge in [0.15, 0.2) is 0 Å². The lowest BCUT2D eigenvalue weighted by Crippen LogP contribution is -2.28. The number of rotatable bonds is 3. The quantitative estimate of drug-likeness (QED) is 0.807. The van der Waals surface area contributed by atoms with Crippen molar-refractivity contribution in [3.8, 4) is 0 Å². The number of nitrogens with zero attached hydrogens (tertiary/aromatic N) is 2. The normalized spacial score (nSPS) is 18.0. The van der Waals surface area contributed by atoms with Gasteiger partial charge in [0.1, 0.15) is 0 Å². The Hall–Kier alpha value is -2.42. The summed E-state index contributed by atoms with van der Waals surface area (Å²) in [5.74, 6) is 0.0645. The fraction of sp³-hybridized carbons (Fsp3) is 0.263. The van der Waals surface area contributed by atoms with Gasteiger partial charge in [0.05, 0.1) is 11.7 Å². The van der Waals surface area contributed by atoms with E-state index in [0.29, 0.717) is 0 Å². The van der Waals surface area contributed by atoms with Crippen LogP contribution in [0.15, 0.2) is 54.7 Å². The monoisotopic (exact) mass is 292 g/mol. The summed E-state index contributed by atoms with van der Waals surface area (Å²) in [5, 5.41) is 0. The molecule has 1 unspecified atom stereocenters. The van der Waals surface area contributed by atoms with Crippen LogP contribution in [0.2, 0.25) is 0 Å². The van der Waals surface area contributed by atoms with Crippen molar-refractivity contribution in [2.75, 3.05) is 6.54 Å². The van der Waals surface area contributed by atoms with Crippen LogP contribution in [0.1, 0.15) is 35.7 Å². The smallest absolute Gasteiger partial charge is 0.247 e. The molecular weight excluding hydrogens is 272 g/mol. The Morgan fingerprint density at radius 3 is 2.95 bits per heavy atom. The van der Waals surface area contributed by atoms with E-state index in [9.17, 15) is 4.79 Å². The average molecular weight is 292 g/mol. The van der Waals surface area contributed by atoms with Crippen LogP contribution in [0.3, 0.4) is 0 Å². The number of hydrogen-bond acceptors (Lipinski definition) is 2. The van der Waals surface area contributed by atoms with Crippen LogP contribution < -0.4 is 0 Å². The second-order valence-corrected chi connectivity index (χ2v) is 5.69. The highest BCUT2D eigenvalue weighted by Gasteiger charge is 2.28. The minimum atomic E-state index is 0.0645. The van der Waals surface area contributed by atoms with Gasteiger partial charge in [-0.3, -0.25) is 9.78 Å². The second-order valence-electron chi connectivity index (χ2n) is 5.69. The van der Waals surface area contributed by atoms with Crippen molar-refractivity contribution in [2.45, 2.75) is 25.8 Å². The van der Waals surface area contributed by atoms with Crippen LogP contribution in [0.5, 0.6) is 0 Å². The zero-order valence-electron chi connectivity index (χ0n) is 12.8. The van der Waals surface area contributed by atoms with Gasteiger partial charge in [-0.05, 0) is 43.5 Å². The first-order valence-electron chi connectivity index (χ1n) is 7.70. The maximum Gasteiger partial charge on any atom is 0.247 e. The summed E-state index contributed by atoms with van der Waals surface area (Å²) in [6.45, 7) is 2.91. The van der Waals surface area contributed by atoms with Gasteiger partial charge in [-0.2, -0.15) is 0 Å². The van der Waals surface area contributed by atoms with Crippen molar-refractivity contribution in [1.82, 2.24) is 9.88 Å². The van der Waals surface area contributed by atoms with E-state index >= 15 is 0 Å². The van der Waals surface area contributed by atoms with Crippen molar-refractivity contribution in [1.29, 1.82) is 0 Å². The molecule has 0 bridgehead atoms. The highest BCUT2D eigenvalue weighted by atomic mass is 16.2. The summed E-state index contributed by atoms with van der Waals surface area (Å²) in [6.07, 6.45) is 7.24. The summed E-state index contributed by atoms with van der Waals surface area (Å²) >= 11 is 0. The first kappa shape index (κ1) is 14.5. The number of hydrogen-bond donors (Lipinski definition) is 0. The van der Waals surface area contributed by atoms with Gasteiger partial charge in [0, 0.05) is 18.8 Å². The number of benzene rings is 1. The standard InChI is InChI=1S/C19H20N2O/c1-15-6-4-7-16(14-15)18-9-5-13-21(18)19(22)11-10-17-8-2-3-12-20-17/h2-4,6-8,10-12,14,18H,5,9,13H2,1H3/b11-10+. The summed E-state index contributed by atoms with van der Waals surface area (Å²) in [5.41, 5.74) is 3.28. The first-order valence-corrected chi connectivity index (χ1v) is 7.70. The van der Waals surface area contributed by atoms with Crippen LogP contribution in [-0.2, 0) is 4.79 Å². The molecule has 1 atom stereocenters. The van der Waals surface area contributed by atoms with Gasteiger partial charge >= 0.3 is 0 Å². The van der Waals surface area contributed by atoms with E-state index in [1.54, 1.807) is 18.3 Å². The molecule has 2 heterocycles. The first-order chi connectivity index (χ1) is 10.7. The topological polar surface area (TPSA) is 33.2 Å². The van der Waals surface area contributed by atoms with E-state index in [2.05, 4.69) is 36.2 Å². The van der Waals surface area contributed by atoms with Gasteiger partial charge in [-0.25, -0.2) is 0 Å². The molecule has 0 saturated carbocycles. The van der Waals surface area contributed by atoms with Gasteiger partial charge in [-0.1, -0.05) is 35.9 Å². The van der Waals surface area contributed by atoms with Crippen LogP contribution in [0, 0.1) is 6.92 Å². The molecule has 0 spiro atoms. The largest absolute Gasteiger partial charge is 0.332 e. The molecular formula is C19H20N2O. The molecule has 1 amide bonds. The summed E-state index contributed by atoms with van der Waals surface area (Å²) in [4.78, 5) is 18.7. The molecule has 1 aromatic carbocycles. The number of carbonyl (C=O) groups excluding carboxylic acids is 1. The molecule has 2 aromatic rings. The van der Waals surface area contributed by atoms with E-state index in [4.69, 9.17) is 0 Å². The van der Waals surface area contributed by atoms with E-state index in [-0.39, 0.29) is 11.9 Å². The minimum absolute atomic E-state index is 0.0645. The lowest BCUT2D eigenvalue weighted by molar-refractivity contribution is -0.126. The van der Waals surface area contributed by atoms with Crippen molar-refractivity contribution in [3.63, 3.8) is 0 Å². The molecule has 1 aliphatic rings. The van der Waals surface area contributed by atoms with Crippen molar-refractivity contribution in [3.05, 3.63) is 71.6 Å². The summed E-state index contributed by atoms with van der Waals surface area (Å²) < 4.78 is 0. The van der Waals surface area contributed by atoms with Crippen LogP contribution in [0.25, 0.3) is 6.08 Å². The molecule has 0 aliphatic carbocycles. The Labute approximate surface area is 131 Å². The van der Waals surface area contributed by atoms with Crippen molar-refractivity contribution in [2.24, 2.45) is 0 Å². The molecule has 1 aliphatic heterocycles. The third-order valence-corrected chi connectivity index (χ3v) is 4.05. The lowest BCUT2D eigenvalue weighted by Gasteiger charge is -2.24. The van der Waals surface area contributed by atoms with E-state index < -0.39 is 0 Å². The van der Waals surface area contributed by atoms with Gasteiger partial charge in [0.2, 0.25) is 5.91 Å². The average Bonchev–Trinajstić information content (AvgIpc) is 3.03. The third kappa shape index (κ3) is 3.25. The molecule has 22 heavy (non-hydrogen) atoms. The Morgan fingerprint density at radius 2 is 2.18 bits per heavy atom. The number of amides is 1. The van der Waals surface area contributed by atoms with Crippen molar-refractivity contribution >= 4 is 12.0 Å². The zero-order chi connectivity index (χ0) is 15.4. The maximum atomic E-state index is 12.5. The second kappa shape index (κ2) is 6.56. The predicted octanol–water partition coefficient (Wildman–Crippen LogP) is 3.77. The Morgan fingerprint density at radius 1 is 1.27 bits per heavy atom. The minimum Gasteiger partial charge on any atom is -0.332 e.